The van der Waals surface area contributed by atoms with Crippen molar-refractivity contribution in [3.05, 3.63) is 59.3 Å². The van der Waals surface area contributed by atoms with E-state index in [-0.39, 0.29) is 5.91 Å². The molecule has 7 heteroatoms. The molecule has 0 saturated carbocycles. The standard InChI is InChI=1S/C16H15N5OS/c1-11-14(23-16(21-11)13-10-17-8-9-19-13)15(22)20-7-5-12-4-2-3-6-18-12/h2-4,6,8-10H,5,7H2,1H3,(H,20,22). The number of carbonyl (C=O) groups is 1. The Hall–Kier alpha value is -2.67. The molecule has 116 valence electrons. The highest BCUT2D eigenvalue weighted by Crippen LogP contribution is 2.25. The summed E-state index contributed by atoms with van der Waals surface area (Å²) in [6, 6.07) is 5.75. The van der Waals surface area contributed by atoms with Crippen molar-refractivity contribution in [3.8, 4) is 10.7 Å². The molecular weight excluding hydrogens is 310 g/mol. The highest BCUT2D eigenvalue weighted by Gasteiger charge is 2.16. The third-order valence-corrected chi connectivity index (χ3v) is 4.36. The van der Waals surface area contributed by atoms with Crippen LogP contribution < -0.4 is 5.32 Å². The third-order valence-electron chi connectivity index (χ3n) is 3.18. The van der Waals surface area contributed by atoms with Crippen molar-refractivity contribution in [2.45, 2.75) is 13.3 Å². The summed E-state index contributed by atoms with van der Waals surface area (Å²) in [6.07, 6.45) is 7.30. The van der Waals surface area contributed by atoms with Crippen LogP contribution in [0.5, 0.6) is 0 Å². The van der Waals surface area contributed by atoms with Crippen LogP contribution in [0.15, 0.2) is 43.0 Å². The molecule has 1 amide bonds. The molecule has 3 aromatic heterocycles. The number of nitrogens with zero attached hydrogens (tertiary/aromatic N) is 4. The van der Waals surface area contributed by atoms with Gasteiger partial charge in [-0.1, -0.05) is 6.07 Å². The Morgan fingerprint density at radius 1 is 1.22 bits per heavy atom. The number of nitrogens with one attached hydrogen (secondary N) is 1. The van der Waals surface area contributed by atoms with Gasteiger partial charge in [0, 0.05) is 37.3 Å². The first-order valence-corrected chi connectivity index (χ1v) is 7.97. The summed E-state index contributed by atoms with van der Waals surface area (Å²) in [7, 11) is 0. The fourth-order valence-corrected chi connectivity index (χ4v) is 3.00. The molecule has 0 bridgehead atoms. The third kappa shape index (κ3) is 3.75. The van der Waals surface area contributed by atoms with Crippen LogP contribution in [0.2, 0.25) is 0 Å². The zero-order valence-electron chi connectivity index (χ0n) is 12.6. The van der Waals surface area contributed by atoms with Gasteiger partial charge in [-0.25, -0.2) is 4.98 Å². The van der Waals surface area contributed by atoms with E-state index in [1.54, 1.807) is 24.8 Å². The topological polar surface area (TPSA) is 80.7 Å². The Morgan fingerprint density at radius 2 is 2.13 bits per heavy atom. The smallest absolute Gasteiger partial charge is 0.263 e. The number of hydrogen-bond donors (Lipinski definition) is 1. The number of aromatic nitrogens is 4. The summed E-state index contributed by atoms with van der Waals surface area (Å²) in [5.41, 5.74) is 2.33. The fourth-order valence-electron chi connectivity index (χ4n) is 2.06. The molecule has 6 nitrogen and oxygen atoms in total. The number of pyridine rings is 1. The second-order valence-corrected chi connectivity index (χ2v) is 5.85. The predicted molar refractivity (Wildman–Crippen MR) is 88.2 cm³/mol. The van der Waals surface area contributed by atoms with Crippen LogP contribution in [0.4, 0.5) is 0 Å². The summed E-state index contributed by atoms with van der Waals surface area (Å²) < 4.78 is 0. The second-order valence-electron chi connectivity index (χ2n) is 4.85. The van der Waals surface area contributed by atoms with Gasteiger partial charge in [-0.15, -0.1) is 11.3 Å². The molecule has 0 unspecified atom stereocenters. The van der Waals surface area contributed by atoms with Gasteiger partial charge in [0.1, 0.15) is 15.6 Å². The van der Waals surface area contributed by atoms with Crippen molar-refractivity contribution in [2.75, 3.05) is 6.54 Å². The second kappa shape index (κ2) is 7.06. The van der Waals surface area contributed by atoms with Gasteiger partial charge in [-0.2, -0.15) is 0 Å². The molecule has 3 aromatic rings. The number of hydrogen-bond acceptors (Lipinski definition) is 6. The van der Waals surface area contributed by atoms with Crippen molar-refractivity contribution >= 4 is 17.2 Å². The Kier molecular flexibility index (Phi) is 4.68. The highest BCUT2D eigenvalue weighted by atomic mass is 32.1. The molecule has 3 heterocycles. The van der Waals surface area contributed by atoms with Crippen molar-refractivity contribution in [3.63, 3.8) is 0 Å². The van der Waals surface area contributed by atoms with Gasteiger partial charge in [0.15, 0.2) is 0 Å². The van der Waals surface area contributed by atoms with Crippen molar-refractivity contribution in [1.82, 2.24) is 25.3 Å². The molecule has 0 saturated heterocycles. The average Bonchev–Trinajstić information content (AvgIpc) is 2.98. The first-order chi connectivity index (χ1) is 11.2. The van der Waals surface area contributed by atoms with Crippen LogP contribution in [0.3, 0.4) is 0 Å². The summed E-state index contributed by atoms with van der Waals surface area (Å²) in [5.74, 6) is -0.119. The molecule has 0 atom stereocenters. The number of aryl methyl sites for hydroxylation is 1. The molecular formula is C16H15N5OS. The minimum absolute atomic E-state index is 0.119. The fraction of sp³-hybridized carbons (Fsp3) is 0.188. The Balaban J connectivity index is 1.65. The minimum Gasteiger partial charge on any atom is -0.351 e. The lowest BCUT2D eigenvalue weighted by molar-refractivity contribution is 0.0957. The summed E-state index contributed by atoms with van der Waals surface area (Å²) >= 11 is 1.33. The number of amides is 1. The molecule has 0 fully saturated rings. The zero-order valence-corrected chi connectivity index (χ0v) is 13.4. The van der Waals surface area contributed by atoms with Crippen molar-refractivity contribution < 1.29 is 4.79 Å². The van der Waals surface area contributed by atoms with Crippen LogP contribution in [-0.4, -0.2) is 32.4 Å². The molecule has 0 aliphatic heterocycles. The Labute approximate surface area is 137 Å². The minimum atomic E-state index is -0.119. The van der Waals surface area contributed by atoms with E-state index in [0.29, 0.717) is 34.2 Å². The van der Waals surface area contributed by atoms with E-state index in [4.69, 9.17) is 0 Å². The average molecular weight is 325 g/mol. The summed E-state index contributed by atoms with van der Waals surface area (Å²) in [5, 5.41) is 3.61. The quantitative estimate of drug-likeness (QED) is 0.778. The monoisotopic (exact) mass is 325 g/mol. The van der Waals surface area contributed by atoms with E-state index < -0.39 is 0 Å². The first kappa shape index (κ1) is 15.2. The maximum absolute atomic E-state index is 12.3. The van der Waals surface area contributed by atoms with Gasteiger partial charge in [-0.05, 0) is 19.1 Å². The van der Waals surface area contributed by atoms with Gasteiger partial charge in [0.05, 0.1) is 11.9 Å². The maximum atomic E-state index is 12.3. The molecule has 0 aromatic carbocycles. The largest absolute Gasteiger partial charge is 0.351 e. The van der Waals surface area contributed by atoms with Crippen LogP contribution in [0, 0.1) is 6.92 Å². The molecule has 3 rings (SSSR count). The van der Waals surface area contributed by atoms with E-state index in [9.17, 15) is 4.79 Å². The van der Waals surface area contributed by atoms with E-state index in [1.807, 2.05) is 25.1 Å². The lowest BCUT2D eigenvalue weighted by atomic mass is 10.2. The van der Waals surface area contributed by atoms with E-state index in [1.165, 1.54) is 11.3 Å². The molecule has 23 heavy (non-hydrogen) atoms. The van der Waals surface area contributed by atoms with Gasteiger partial charge < -0.3 is 5.32 Å². The summed E-state index contributed by atoms with van der Waals surface area (Å²) in [6.45, 7) is 2.36. The van der Waals surface area contributed by atoms with Crippen molar-refractivity contribution in [2.24, 2.45) is 0 Å². The molecule has 0 aliphatic carbocycles. The van der Waals surface area contributed by atoms with Crippen molar-refractivity contribution in [1.29, 1.82) is 0 Å². The van der Waals surface area contributed by atoms with Gasteiger partial charge in [0.25, 0.3) is 5.91 Å². The van der Waals surface area contributed by atoms with Crippen LogP contribution in [0.1, 0.15) is 21.1 Å². The van der Waals surface area contributed by atoms with Crippen LogP contribution in [-0.2, 0) is 6.42 Å². The molecule has 0 aliphatic rings. The number of rotatable bonds is 5. The van der Waals surface area contributed by atoms with E-state index in [2.05, 4.69) is 25.3 Å². The van der Waals surface area contributed by atoms with Gasteiger partial charge in [0.2, 0.25) is 0 Å². The Bertz CT molecular complexity index is 789. The zero-order chi connectivity index (χ0) is 16.1. The van der Waals surface area contributed by atoms with Gasteiger partial charge >= 0.3 is 0 Å². The number of carbonyl (C=O) groups excluding carboxylic acids is 1. The van der Waals surface area contributed by atoms with Gasteiger partial charge in [-0.3, -0.25) is 19.7 Å². The predicted octanol–water partition coefficient (Wildman–Crippen LogP) is 2.28. The Morgan fingerprint density at radius 3 is 2.87 bits per heavy atom. The lowest BCUT2D eigenvalue weighted by Gasteiger charge is -2.03. The van der Waals surface area contributed by atoms with Crippen LogP contribution in [0.25, 0.3) is 10.7 Å². The normalized spacial score (nSPS) is 10.5. The summed E-state index contributed by atoms with van der Waals surface area (Å²) in [4.78, 5) is 29.8. The number of thiazole rings is 1. The molecule has 1 N–H and O–H groups in total. The first-order valence-electron chi connectivity index (χ1n) is 7.16. The van der Waals surface area contributed by atoms with Crippen LogP contribution >= 0.6 is 11.3 Å². The highest BCUT2D eigenvalue weighted by molar-refractivity contribution is 7.17. The van der Waals surface area contributed by atoms with E-state index >= 15 is 0 Å². The molecule has 0 spiro atoms. The lowest BCUT2D eigenvalue weighted by Crippen LogP contribution is -2.25. The maximum Gasteiger partial charge on any atom is 0.263 e. The SMILES string of the molecule is Cc1nc(-c2cnccn2)sc1C(=O)NCCc1ccccn1. The van der Waals surface area contributed by atoms with E-state index in [0.717, 1.165) is 5.69 Å². The molecule has 0 radical (unpaired) electrons.